The molecule has 0 saturated carbocycles. The van der Waals surface area contributed by atoms with Crippen molar-refractivity contribution >= 4 is 49.1 Å². The average Bonchev–Trinajstić information content (AvgIpc) is 2.96. The Balaban J connectivity index is 1.85. The highest BCUT2D eigenvalue weighted by Gasteiger charge is 2.20. The molecule has 2 aromatic rings. The zero-order chi connectivity index (χ0) is 13.4. The van der Waals surface area contributed by atoms with Crippen LogP contribution >= 0.6 is 43.2 Å². The molecule has 1 aliphatic rings. The number of anilines is 1. The fourth-order valence-electron chi connectivity index (χ4n) is 2.13. The third-order valence-corrected chi connectivity index (χ3v) is 5.38. The van der Waals surface area contributed by atoms with Crippen LogP contribution in [0.3, 0.4) is 0 Å². The molecule has 1 atom stereocenters. The van der Waals surface area contributed by atoms with Crippen LogP contribution in [0, 0.1) is 0 Å². The van der Waals surface area contributed by atoms with E-state index in [1.165, 1.54) is 0 Å². The van der Waals surface area contributed by atoms with Gasteiger partial charge in [-0.05, 0) is 44.8 Å². The van der Waals surface area contributed by atoms with Gasteiger partial charge in [-0.25, -0.2) is 0 Å². The number of aromatic nitrogens is 3. The summed E-state index contributed by atoms with van der Waals surface area (Å²) in [5.74, 6) is 1.58. The largest absolute Gasteiger partial charge is 0.337 e. The van der Waals surface area contributed by atoms with Crippen molar-refractivity contribution in [3.8, 4) is 11.4 Å². The van der Waals surface area contributed by atoms with E-state index >= 15 is 0 Å². The number of hydrogen-bond donors (Lipinski definition) is 2. The van der Waals surface area contributed by atoms with Crippen LogP contribution in [0.25, 0.3) is 11.4 Å². The lowest BCUT2D eigenvalue weighted by Gasteiger charge is -2.30. The van der Waals surface area contributed by atoms with E-state index in [0.717, 1.165) is 44.5 Å². The van der Waals surface area contributed by atoms with Crippen molar-refractivity contribution in [1.82, 2.24) is 20.5 Å². The molecule has 1 fully saturated rings. The maximum absolute atomic E-state index is 4.60. The second-order valence-corrected chi connectivity index (χ2v) is 8.27. The Bertz CT molecular complexity index is 581. The van der Waals surface area contributed by atoms with Crippen molar-refractivity contribution in [2.75, 3.05) is 24.5 Å². The summed E-state index contributed by atoms with van der Waals surface area (Å²) in [5.41, 5.74) is 1.04. The highest BCUT2D eigenvalue weighted by molar-refractivity contribution is 9.12. The Morgan fingerprint density at radius 1 is 1.47 bits per heavy atom. The number of nitrogens with one attached hydrogen (secondary N) is 2. The van der Waals surface area contributed by atoms with Crippen LogP contribution in [0.2, 0.25) is 0 Å². The van der Waals surface area contributed by atoms with Gasteiger partial charge in [0.05, 0.1) is 7.57 Å². The monoisotopic (exact) mass is 405 g/mol. The maximum atomic E-state index is 4.60. The molecule has 5 nitrogen and oxygen atoms in total. The van der Waals surface area contributed by atoms with Gasteiger partial charge in [-0.1, -0.05) is 0 Å². The molecule has 1 aliphatic heterocycles. The van der Waals surface area contributed by atoms with Gasteiger partial charge in [-0.3, -0.25) is 5.10 Å². The van der Waals surface area contributed by atoms with Gasteiger partial charge in [0.2, 0.25) is 5.95 Å². The lowest BCUT2D eigenvalue weighted by atomic mass is 10.2. The average molecular weight is 407 g/mol. The predicted octanol–water partition coefficient (Wildman–Crippen LogP) is 2.86. The Morgan fingerprint density at radius 2 is 2.32 bits per heavy atom. The predicted molar refractivity (Wildman–Crippen MR) is 84.8 cm³/mol. The quantitative estimate of drug-likeness (QED) is 0.804. The van der Waals surface area contributed by atoms with Gasteiger partial charge in [0.15, 0.2) is 5.82 Å². The normalized spacial score (nSPS) is 19.9. The summed E-state index contributed by atoms with van der Waals surface area (Å²) in [6, 6.07) is 2.51. The summed E-state index contributed by atoms with van der Waals surface area (Å²) in [6.45, 7) is 5.02. The molecule has 3 rings (SSSR count). The summed E-state index contributed by atoms with van der Waals surface area (Å²) < 4.78 is 2.12. The summed E-state index contributed by atoms with van der Waals surface area (Å²) in [6.07, 6.45) is 0. The van der Waals surface area contributed by atoms with E-state index in [0.29, 0.717) is 6.04 Å². The molecule has 3 heterocycles. The molecule has 8 heteroatoms. The molecule has 0 aliphatic carbocycles. The molecule has 0 unspecified atom stereocenters. The Hall–Kier alpha value is -0.440. The molecule has 0 bridgehead atoms. The van der Waals surface area contributed by atoms with Gasteiger partial charge < -0.3 is 10.2 Å². The number of hydrogen-bond acceptors (Lipinski definition) is 5. The smallest absolute Gasteiger partial charge is 0.245 e. The number of aromatic amines is 1. The van der Waals surface area contributed by atoms with Gasteiger partial charge in [-0.2, -0.15) is 4.98 Å². The van der Waals surface area contributed by atoms with Gasteiger partial charge in [0.25, 0.3) is 0 Å². The van der Waals surface area contributed by atoms with Gasteiger partial charge in [0.1, 0.15) is 0 Å². The summed E-state index contributed by atoms with van der Waals surface area (Å²) in [4.78, 5) is 6.80. The van der Waals surface area contributed by atoms with Crippen LogP contribution in [0.4, 0.5) is 5.95 Å². The van der Waals surface area contributed by atoms with Gasteiger partial charge in [-0.15, -0.1) is 16.4 Å². The van der Waals surface area contributed by atoms with Crippen LogP contribution in [0.1, 0.15) is 6.92 Å². The first-order chi connectivity index (χ1) is 9.13. The van der Waals surface area contributed by atoms with E-state index in [4.69, 9.17) is 0 Å². The number of nitrogens with zero attached hydrogens (tertiary/aromatic N) is 3. The minimum atomic E-state index is 0.470. The number of rotatable bonds is 2. The summed E-state index contributed by atoms with van der Waals surface area (Å²) >= 11 is 8.66. The molecule has 0 amide bonds. The van der Waals surface area contributed by atoms with E-state index in [1.807, 2.05) is 6.07 Å². The zero-order valence-electron chi connectivity index (χ0n) is 10.3. The molecular weight excluding hydrogens is 394 g/mol. The number of piperazine rings is 1. The molecule has 102 valence electrons. The number of halogens is 2. The first-order valence-corrected chi connectivity index (χ1v) is 8.39. The van der Waals surface area contributed by atoms with Crippen LogP contribution in [-0.4, -0.2) is 40.9 Å². The van der Waals surface area contributed by atoms with Crippen molar-refractivity contribution in [2.24, 2.45) is 0 Å². The van der Waals surface area contributed by atoms with Crippen LogP contribution in [0.5, 0.6) is 0 Å². The fourth-order valence-corrected chi connectivity index (χ4v) is 4.94. The topological polar surface area (TPSA) is 56.8 Å². The van der Waals surface area contributed by atoms with E-state index in [9.17, 15) is 0 Å². The van der Waals surface area contributed by atoms with Gasteiger partial charge in [0, 0.05) is 31.2 Å². The molecule has 2 aromatic heterocycles. The van der Waals surface area contributed by atoms with Crippen molar-refractivity contribution in [1.29, 1.82) is 0 Å². The molecule has 2 N–H and O–H groups in total. The molecule has 1 saturated heterocycles. The Labute approximate surface area is 132 Å². The van der Waals surface area contributed by atoms with Crippen LogP contribution in [0.15, 0.2) is 13.6 Å². The lowest BCUT2D eigenvalue weighted by molar-refractivity contribution is 0.480. The SMILES string of the molecule is C[C@H]1CN(c2n[nH]c(-c3cc(Br)sc3Br)n2)CCN1. The van der Waals surface area contributed by atoms with Gasteiger partial charge >= 0.3 is 0 Å². The molecule has 19 heavy (non-hydrogen) atoms. The van der Waals surface area contributed by atoms with E-state index in [2.05, 4.69) is 64.2 Å². The van der Waals surface area contributed by atoms with E-state index in [1.54, 1.807) is 11.3 Å². The van der Waals surface area contributed by atoms with Crippen molar-refractivity contribution in [3.05, 3.63) is 13.6 Å². The van der Waals surface area contributed by atoms with E-state index in [-0.39, 0.29) is 0 Å². The summed E-state index contributed by atoms with van der Waals surface area (Å²) in [5, 5.41) is 10.8. The number of H-pyrrole nitrogens is 1. The van der Waals surface area contributed by atoms with Crippen molar-refractivity contribution < 1.29 is 0 Å². The molecule has 0 radical (unpaired) electrons. The maximum Gasteiger partial charge on any atom is 0.245 e. The van der Waals surface area contributed by atoms with Crippen LogP contribution in [-0.2, 0) is 0 Å². The lowest BCUT2D eigenvalue weighted by Crippen LogP contribution is -2.49. The standard InChI is InChI=1S/C11H13Br2N5S/c1-6-5-18(3-2-14-6)11-15-10(16-17-11)7-4-8(12)19-9(7)13/h4,6,14H,2-3,5H2,1H3,(H,15,16,17)/t6-/m0/s1. The number of thiophene rings is 1. The highest BCUT2D eigenvalue weighted by atomic mass is 79.9. The van der Waals surface area contributed by atoms with Crippen LogP contribution < -0.4 is 10.2 Å². The third kappa shape index (κ3) is 2.86. The highest BCUT2D eigenvalue weighted by Crippen LogP contribution is 2.37. The molecular formula is C11H13Br2N5S. The first-order valence-electron chi connectivity index (χ1n) is 5.99. The van der Waals surface area contributed by atoms with Crippen molar-refractivity contribution in [2.45, 2.75) is 13.0 Å². The second kappa shape index (κ2) is 5.51. The second-order valence-electron chi connectivity index (χ2n) is 4.52. The molecule has 0 aromatic carbocycles. The minimum Gasteiger partial charge on any atom is -0.337 e. The Morgan fingerprint density at radius 3 is 3.00 bits per heavy atom. The van der Waals surface area contributed by atoms with E-state index < -0.39 is 0 Å². The molecule has 0 spiro atoms. The third-order valence-electron chi connectivity index (χ3n) is 3.04. The Kier molecular flexibility index (Phi) is 3.93. The summed E-state index contributed by atoms with van der Waals surface area (Å²) in [7, 11) is 0. The zero-order valence-corrected chi connectivity index (χ0v) is 14.3. The first kappa shape index (κ1) is 13.5. The van der Waals surface area contributed by atoms with Crippen molar-refractivity contribution in [3.63, 3.8) is 0 Å². The fraction of sp³-hybridized carbons (Fsp3) is 0.455. The minimum absolute atomic E-state index is 0.470.